The number of hydrogen-bond donors (Lipinski definition) is 1. The highest BCUT2D eigenvalue weighted by atomic mass is 16.3. The third kappa shape index (κ3) is 6.53. The molecule has 1 N–H and O–H groups in total. The summed E-state index contributed by atoms with van der Waals surface area (Å²) in [4.78, 5) is 30.4. The Kier molecular flexibility index (Phi) is 8.35. The Morgan fingerprint density at radius 3 is 2.47 bits per heavy atom. The van der Waals surface area contributed by atoms with Gasteiger partial charge in [0.25, 0.3) is 5.91 Å². The SMILES string of the molecule is Cc1ccc(C)c(N(C(=O)Cn2nnc(-c3ccc(C)o3)n2)C(CC(C)C)C(=O)NCc2ccccc2)c1. The van der Waals surface area contributed by atoms with Crippen LogP contribution in [0.5, 0.6) is 0 Å². The van der Waals surface area contributed by atoms with Crippen molar-refractivity contribution >= 4 is 17.5 Å². The van der Waals surface area contributed by atoms with Crippen LogP contribution in [0.15, 0.2) is 65.1 Å². The van der Waals surface area contributed by atoms with Crippen LogP contribution in [0.25, 0.3) is 11.6 Å². The van der Waals surface area contributed by atoms with Gasteiger partial charge in [0.1, 0.15) is 18.3 Å². The lowest BCUT2D eigenvalue weighted by Crippen LogP contribution is -2.51. The zero-order chi connectivity index (χ0) is 27.2. The molecule has 0 aliphatic carbocycles. The maximum Gasteiger partial charge on any atom is 0.251 e. The van der Waals surface area contributed by atoms with E-state index in [0.717, 1.165) is 22.5 Å². The third-order valence-corrected chi connectivity index (χ3v) is 6.20. The number of furan rings is 1. The second-order valence-corrected chi connectivity index (χ2v) is 9.96. The number of benzene rings is 2. The first kappa shape index (κ1) is 26.8. The van der Waals surface area contributed by atoms with Crippen molar-refractivity contribution < 1.29 is 14.0 Å². The number of amides is 2. The fourth-order valence-corrected chi connectivity index (χ4v) is 4.29. The lowest BCUT2D eigenvalue weighted by atomic mass is 9.99. The van der Waals surface area contributed by atoms with E-state index in [1.807, 2.05) is 89.2 Å². The molecule has 0 saturated carbocycles. The van der Waals surface area contributed by atoms with Crippen molar-refractivity contribution in [3.63, 3.8) is 0 Å². The zero-order valence-corrected chi connectivity index (χ0v) is 22.5. The molecule has 0 fully saturated rings. The molecule has 9 heteroatoms. The van der Waals surface area contributed by atoms with E-state index in [0.29, 0.717) is 30.2 Å². The summed E-state index contributed by atoms with van der Waals surface area (Å²) in [7, 11) is 0. The molecule has 9 nitrogen and oxygen atoms in total. The van der Waals surface area contributed by atoms with Gasteiger partial charge in [-0.3, -0.25) is 14.5 Å². The van der Waals surface area contributed by atoms with Gasteiger partial charge in [0.05, 0.1) is 0 Å². The highest BCUT2D eigenvalue weighted by Gasteiger charge is 2.33. The van der Waals surface area contributed by atoms with Crippen LogP contribution in [-0.4, -0.2) is 38.1 Å². The molecular weight excluding hydrogens is 480 g/mol. The summed E-state index contributed by atoms with van der Waals surface area (Å²) in [6.45, 7) is 10.0. The largest absolute Gasteiger partial charge is 0.458 e. The molecule has 1 unspecified atom stereocenters. The van der Waals surface area contributed by atoms with E-state index in [9.17, 15) is 9.59 Å². The van der Waals surface area contributed by atoms with E-state index in [-0.39, 0.29) is 24.3 Å². The van der Waals surface area contributed by atoms with Gasteiger partial charge in [-0.15, -0.1) is 10.2 Å². The summed E-state index contributed by atoms with van der Waals surface area (Å²) in [5.41, 5.74) is 3.57. The Morgan fingerprint density at radius 1 is 1.03 bits per heavy atom. The fraction of sp³-hybridized carbons (Fsp3) is 0.345. The number of anilines is 1. The molecule has 1 atom stereocenters. The molecule has 4 aromatic rings. The quantitative estimate of drug-likeness (QED) is 0.331. The standard InChI is InChI=1S/C29H34N6O3/c1-19(2)15-25(29(37)30-17-23-9-7-6-8-10-23)35(24-16-20(3)11-12-21(24)4)27(36)18-34-32-28(31-33-34)26-14-13-22(5)38-26/h6-14,16,19,25H,15,17-18H2,1-5H3,(H,30,37). The van der Waals surface area contributed by atoms with Crippen molar-refractivity contribution in [1.29, 1.82) is 0 Å². The monoisotopic (exact) mass is 514 g/mol. The molecule has 2 aromatic heterocycles. The molecule has 2 heterocycles. The molecule has 0 saturated heterocycles. The number of rotatable bonds is 10. The summed E-state index contributed by atoms with van der Waals surface area (Å²) >= 11 is 0. The fourth-order valence-electron chi connectivity index (χ4n) is 4.29. The third-order valence-electron chi connectivity index (χ3n) is 6.20. The van der Waals surface area contributed by atoms with Crippen LogP contribution in [-0.2, 0) is 22.7 Å². The van der Waals surface area contributed by atoms with Gasteiger partial charge in [-0.05, 0) is 73.2 Å². The minimum Gasteiger partial charge on any atom is -0.458 e. The Morgan fingerprint density at radius 2 is 1.79 bits per heavy atom. The summed E-state index contributed by atoms with van der Waals surface area (Å²) in [5.74, 6) is 1.15. The molecule has 38 heavy (non-hydrogen) atoms. The van der Waals surface area contributed by atoms with Crippen molar-refractivity contribution in [2.45, 2.75) is 60.2 Å². The van der Waals surface area contributed by atoms with Gasteiger partial charge in [-0.25, -0.2) is 0 Å². The van der Waals surface area contributed by atoms with Gasteiger partial charge in [0.15, 0.2) is 5.76 Å². The van der Waals surface area contributed by atoms with Crippen LogP contribution in [0, 0.1) is 26.7 Å². The topological polar surface area (TPSA) is 106 Å². The number of tetrazole rings is 1. The minimum absolute atomic E-state index is 0.168. The van der Waals surface area contributed by atoms with Gasteiger partial charge in [-0.1, -0.05) is 56.3 Å². The first-order chi connectivity index (χ1) is 18.2. The molecule has 0 aliphatic heterocycles. The average molecular weight is 515 g/mol. The normalized spacial score (nSPS) is 11.9. The number of aromatic nitrogens is 4. The number of hydrogen-bond acceptors (Lipinski definition) is 6. The molecule has 4 rings (SSSR count). The van der Waals surface area contributed by atoms with Crippen LogP contribution < -0.4 is 10.2 Å². The molecule has 0 bridgehead atoms. The van der Waals surface area contributed by atoms with Crippen molar-refractivity contribution in [3.8, 4) is 11.6 Å². The summed E-state index contributed by atoms with van der Waals surface area (Å²) in [5, 5.41) is 15.5. The molecule has 198 valence electrons. The second-order valence-electron chi connectivity index (χ2n) is 9.96. The van der Waals surface area contributed by atoms with E-state index in [2.05, 4.69) is 20.7 Å². The van der Waals surface area contributed by atoms with E-state index in [4.69, 9.17) is 4.42 Å². The number of carbonyl (C=O) groups is 2. The lowest BCUT2D eigenvalue weighted by molar-refractivity contribution is -0.127. The van der Waals surface area contributed by atoms with E-state index in [1.165, 1.54) is 4.80 Å². The predicted octanol–water partition coefficient (Wildman–Crippen LogP) is 4.62. The molecule has 0 spiro atoms. The second kappa shape index (κ2) is 11.9. The first-order valence-electron chi connectivity index (χ1n) is 12.8. The minimum atomic E-state index is -0.720. The van der Waals surface area contributed by atoms with E-state index in [1.54, 1.807) is 11.0 Å². The molecule has 2 amide bonds. The van der Waals surface area contributed by atoms with E-state index >= 15 is 0 Å². The van der Waals surface area contributed by atoms with Crippen molar-refractivity contribution in [2.75, 3.05) is 4.90 Å². The van der Waals surface area contributed by atoms with Crippen LogP contribution in [0.4, 0.5) is 5.69 Å². The number of carbonyl (C=O) groups excluding carboxylic acids is 2. The van der Waals surface area contributed by atoms with Crippen LogP contribution in [0.2, 0.25) is 0 Å². The van der Waals surface area contributed by atoms with Crippen molar-refractivity contribution in [2.24, 2.45) is 5.92 Å². The zero-order valence-electron chi connectivity index (χ0n) is 22.5. The van der Waals surface area contributed by atoms with Gasteiger partial charge in [0, 0.05) is 12.2 Å². The van der Waals surface area contributed by atoms with Gasteiger partial charge in [0.2, 0.25) is 11.7 Å². The van der Waals surface area contributed by atoms with Crippen molar-refractivity contribution in [1.82, 2.24) is 25.5 Å². The van der Waals surface area contributed by atoms with Crippen LogP contribution in [0.3, 0.4) is 0 Å². The summed E-state index contributed by atoms with van der Waals surface area (Å²) in [6.07, 6.45) is 0.488. The predicted molar refractivity (Wildman–Crippen MR) is 145 cm³/mol. The Balaban J connectivity index is 1.65. The van der Waals surface area contributed by atoms with Crippen LogP contribution >= 0.6 is 0 Å². The number of aryl methyl sites for hydroxylation is 3. The molecular formula is C29H34N6O3. The number of nitrogens with zero attached hydrogens (tertiary/aromatic N) is 5. The van der Waals surface area contributed by atoms with Gasteiger partial charge >= 0.3 is 0 Å². The van der Waals surface area contributed by atoms with E-state index < -0.39 is 6.04 Å². The van der Waals surface area contributed by atoms with Gasteiger partial charge < -0.3 is 9.73 Å². The Labute approximate surface area is 222 Å². The highest BCUT2D eigenvalue weighted by molar-refractivity contribution is 6.01. The highest BCUT2D eigenvalue weighted by Crippen LogP contribution is 2.27. The Hall–Kier alpha value is -4.27. The Bertz CT molecular complexity index is 1390. The summed E-state index contributed by atoms with van der Waals surface area (Å²) < 4.78 is 5.58. The maximum absolute atomic E-state index is 13.9. The van der Waals surface area contributed by atoms with Crippen LogP contribution in [0.1, 0.15) is 42.7 Å². The first-order valence-corrected chi connectivity index (χ1v) is 12.8. The molecule has 2 aromatic carbocycles. The summed E-state index contributed by atoms with van der Waals surface area (Å²) in [6, 6.07) is 18.5. The molecule has 0 radical (unpaired) electrons. The maximum atomic E-state index is 13.9. The number of nitrogens with one attached hydrogen (secondary N) is 1. The van der Waals surface area contributed by atoms with Gasteiger partial charge in [-0.2, -0.15) is 4.80 Å². The smallest absolute Gasteiger partial charge is 0.251 e. The average Bonchev–Trinajstić information content (AvgIpc) is 3.53. The molecule has 0 aliphatic rings. The van der Waals surface area contributed by atoms with Crippen molar-refractivity contribution in [3.05, 3.63) is 83.1 Å². The lowest BCUT2D eigenvalue weighted by Gasteiger charge is -2.33.